The van der Waals surface area contributed by atoms with Gasteiger partial charge in [-0.15, -0.1) is 12.8 Å². The number of anilines is 1. The number of terminal acetylenes is 1. The van der Waals surface area contributed by atoms with Gasteiger partial charge in [0.05, 0.1) is 16.8 Å². The summed E-state index contributed by atoms with van der Waals surface area (Å²) in [5, 5.41) is 16.8. The molecular weight excluding hydrogens is 486 g/mol. The second-order valence-corrected chi connectivity index (χ2v) is 11.3. The highest BCUT2D eigenvalue weighted by molar-refractivity contribution is 6.07. The first-order valence-corrected chi connectivity index (χ1v) is 13.4. The van der Waals surface area contributed by atoms with Gasteiger partial charge in [0.1, 0.15) is 6.29 Å². The Hall–Kier alpha value is -3.11. The molecule has 0 radical (unpaired) electrons. The predicted molar refractivity (Wildman–Crippen MR) is 167 cm³/mol. The molecule has 2 aromatic carbocycles. The Balaban J connectivity index is 0.000000748. The van der Waals surface area contributed by atoms with Crippen LogP contribution in [0.5, 0.6) is 0 Å². The Morgan fingerprint density at radius 2 is 1.62 bits per heavy atom. The molecule has 4 rings (SSSR count). The number of nitrogens with zero attached hydrogens (tertiary/aromatic N) is 3. The van der Waals surface area contributed by atoms with Crippen molar-refractivity contribution in [3.05, 3.63) is 52.7 Å². The van der Waals surface area contributed by atoms with E-state index >= 15 is 0 Å². The van der Waals surface area contributed by atoms with Crippen molar-refractivity contribution >= 4 is 22.9 Å². The minimum Gasteiger partial charge on any atom is -0.400 e. The number of aromatic nitrogens is 1. The number of carbonyl (C=O) groups excluding carboxylic acids is 1. The molecule has 6 nitrogen and oxygen atoms in total. The lowest BCUT2D eigenvalue weighted by atomic mass is 9.88. The zero-order chi connectivity index (χ0) is 30.1. The molecular formula is C33H49N3O3. The van der Waals surface area contributed by atoms with Gasteiger partial charge >= 0.3 is 0 Å². The number of aryl methyl sites for hydroxylation is 2. The van der Waals surface area contributed by atoms with Gasteiger partial charge in [-0.25, -0.2) is 0 Å². The number of hydrogen-bond acceptors (Lipinski definition) is 5. The third-order valence-electron chi connectivity index (χ3n) is 6.52. The van der Waals surface area contributed by atoms with Crippen LogP contribution in [0, 0.1) is 33.6 Å². The summed E-state index contributed by atoms with van der Waals surface area (Å²) in [5.74, 6) is 0. The maximum atomic E-state index is 11.7. The van der Waals surface area contributed by atoms with Crippen molar-refractivity contribution < 1.29 is 15.0 Å². The lowest BCUT2D eigenvalue weighted by molar-refractivity contribution is -0.107. The number of likely N-dealkylation sites (N-methyl/N-ethyl adjacent to an activating group) is 1. The van der Waals surface area contributed by atoms with Crippen molar-refractivity contribution in [2.45, 2.75) is 66.5 Å². The van der Waals surface area contributed by atoms with Crippen molar-refractivity contribution in [1.29, 1.82) is 0 Å². The van der Waals surface area contributed by atoms with Crippen LogP contribution in [0.3, 0.4) is 0 Å². The fourth-order valence-corrected chi connectivity index (χ4v) is 5.11. The monoisotopic (exact) mass is 535 g/mol. The Morgan fingerprint density at radius 1 is 1.08 bits per heavy atom. The smallest absolute Gasteiger partial charge is 0.124 e. The van der Waals surface area contributed by atoms with Crippen molar-refractivity contribution in [2.24, 2.45) is 0 Å². The third-order valence-corrected chi connectivity index (χ3v) is 6.52. The molecule has 1 aliphatic rings. The summed E-state index contributed by atoms with van der Waals surface area (Å²) in [6.45, 7) is 17.1. The van der Waals surface area contributed by atoms with E-state index in [4.69, 9.17) is 10.2 Å². The first-order valence-electron chi connectivity index (χ1n) is 13.4. The fraction of sp³-hybridized carbons (Fsp3) is 0.485. The molecule has 0 fully saturated rings. The zero-order valence-corrected chi connectivity index (χ0v) is 25.7. The van der Waals surface area contributed by atoms with Gasteiger partial charge in [0.25, 0.3) is 0 Å². The molecule has 0 amide bonds. The number of aldehydes is 1. The number of hydrogen-bond donors (Lipinski definition) is 2. The first-order chi connectivity index (χ1) is 18.3. The molecule has 1 aliphatic heterocycles. The fourth-order valence-electron chi connectivity index (χ4n) is 5.11. The summed E-state index contributed by atoms with van der Waals surface area (Å²) < 4.78 is 2.51. The summed E-state index contributed by atoms with van der Waals surface area (Å²) in [5.41, 5.74) is 9.51. The third kappa shape index (κ3) is 8.44. The molecule has 2 heterocycles. The van der Waals surface area contributed by atoms with Crippen LogP contribution in [0.4, 0.5) is 5.69 Å². The van der Waals surface area contributed by atoms with E-state index in [0.717, 1.165) is 38.6 Å². The Morgan fingerprint density at radius 3 is 2.10 bits per heavy atom. The highest BCUT2D eigenvalue weighted by atomic mass is 16.3. The van der Waals surface area contributed by atoms with Crippen LogP contribution in [0.15, 0.2) is 30.3 Å². The molecule has 0 bridgehead atoms. The number of aliphatic hydroxyl groups is 2. The lowest BCUT2D eigenvalue weighted by Gasteiger charge is -2.38. The van der Waals surface area contributed by atoms with Crippen LogP contribution in [0.1, 0.15) is 56.1 Å². The molecule has 0 saturated heterocycles. The summed E-state index contributed by atoms with van der Waals surface area (Å²) in [6, 6.07) is 11.5. The van der Waals surface area contributed by atoms with Crippen LogP contribution in [0.25, 0.3) is 22.0 Å². The van der Waals surface area contributed by atoms with Crippen LogP contribution < -0.4 is 4.90 Å². The first kappa shape index (κ1) is 33.9. The number of aliphatic hydroxyl groups excluding tert-OH is 1. The minimum atomic E-state index is -0.500. The van der Waals surface area contributed by atoms with E-state index in [2.05, 4.69) is 99.3 Å². The van der Waals surface area contributed by atoms with E-state index < -0.39 is 5.60 Å². The van der Waals surface area contributed by atoms with Crippen molar-refractivity contribution in [1.82, 2.24) is 9.47 Å². The molecule has 1 atom stereocenters. The predicted octanol–water partition coefficient (Wildman–Crippen LogP) is 5.55. The van der Waals surface area contributed by atoms with E-state index in [1.807, 2.05) is 0 Å². The summed E-state index contributed by atoms with van der Waals surface area (Å²) >= 11 is 0. The molecule has 0 saturated carbocycles. The van der Waals surface area contributed by atoms with Crippen LogP contribution in [0.2, 0.25) is 0 Å². The summed E-state index contributed by atoms with van der Waals surface area (Å²) in [4.78, 5) is 16.5. The molecule has 0 aliphatic carbocycles. The van der Waals surface area contributed by atoms with Gasteiger partial charge in [0.15, 0.2) is 0 Å². The highest BCUT2D eigenvalue weighted by Gasteiger charge is 2.30. The van der Waals surface area contributed by atoms with E-state index in [1.165, 1.54) is 44.5 Å². The maximum Gasteiger partial charge on any atom is 0.124 e. The SMILES string of the molecule is C#C.CC(C)(C)O.CO.Cc1ccc(-c2c(CC=O)c(C)c3c4c2cc(C)n4C(C)CN3CCN(C)C)cc1. The molecule has 3 aromatic rings. The molecule has 2 N–H and O–H groups in total. The van der Waals surface area contributed by atoms with Gasteiger partial charge in [-0.1, -0.05) is 29.8 Å². The summed E-state index contributed by atoms with van der Waals surface area (Å²) in [6.07, 6.45) is 9.50. The number of carbonyl (C=O) groups is 1. The van der Waals surface area contributed by atoms with Crippen molar-refractivity contribution in [2.75, 3.05) is 45.7 Å². The second-order valence-electron chi connectivity index (χ2n) is 11.3. The average molecular weight is 536 g/mol. The van der Waals surface area contributed by atoms with Crippen molar-refractivity contribution in [3.63, 3.8) is 0 Å². The van der Waals surface area contributed by atoms with E-state index in [-0.39, 0.29) is 0 Å². The molecule has 0 spiro atoms. The standard InChI is InChI=1S/C26H33N3O.C4H10O.C2H2.CH4O/c1-17-7-9-21(10-8-17)24-22(11-14-30)20(4)25-26-23(24)15-18(2)29(26)19(3)16-28(25)13-12-27(5)6;1-4(2,3)5;2*1-2/h7-10,14-15,19H,11-13,16H2,1-6H3;5H,1-3H3;1-2H;2H,1H3. The number of rotatable bonds is 6. The van der Waals surface area contributed by atoms with Gasteiger partial charge in [-0.2, -0.15) is 0 Å². The molecule has 1 aromatic heterocycles. The zero-order valence-electron chi connectivity index (χ0n) is 25.7. The molecule has 214 valence electrons. The average Bonchev–Trinajstić information content (AvgIpc) is 3.21. The van der Waals surface area contributed by atoms with Gasteiger partial charge in [0.2, 0.25) is 0 Å². The second kappa shape index (κ2) is 14.9. The largest absolute Gasteiger partial charge is 0.400 e. The quantitative estimate of drug-likeness (QED) is 0.320. The maximum absolute atomic E-state index is 11.7. The Bertz CT molecular complexity index is 1230. The topological polar surface area (TPSA) is 68.9 Å². The van der Waals surface area contributed by atoms with Crippen LogP contribution in [-0.4, -0.2) is 72.4 Å². The molecule has 39 heavy (non-hydrogen) atoms. The van der Waals surface area contributed by atoms with Gasteiger partial charge in [0, 0.05) is 50.3 Å². The normalized spacial score (nSPS) is 14.0. The van der Waals surface area contributed by atoms with Crippen LogP contribution in [-0.2, 0) is 11.2 Å². The van der Waals surface area contributed by atoms with Gasteiger partial charge in [-0.3, -0.25) is 0 Å². The Kier molecular flexibility index (Phi) is 12.9. The van der Waals surface area contributed by atoms with Gasteiger partial charge < -0.3 is 29.4 Å². The highest BCUT2D eigenvalue weighted by Crippen LogP contribution is 2.46. The van der Waals surface area contributed by atoms with Crippen molar-refractivity contribution in [3.8, 4) is 24.0 Å². The Labute approximate surface area is 236 Å². The van der Waals surface area contributed by atoms with Gasteiger partial charge in [-0.05, 0) is 90.9 Å². The molecule has 1 unspecified atom stereocenters. The molecule has 6 heteroatoms. The lowest BCUT2D eigenvalue weighted by Crippen LogP contribution is -2.39. The number of benzene rings is 2. The summed E-state index contributed by atoms with van der Waals surface area (Å²) in [7, 11) is 5.25. The van der Waals surface area contributed by atoms with E-state index in [9.17, 15) is 4.79 Å². The van der Waals surface area contributed by atoms with Crippen LogP contribution >= 0.6 is 0 Å². The van der Waals surface area contributed by atoms with E-state index in [1.54, 1.807) is 20.8 Å². The minimum absolute atomic E-state index is 0.416. The van der Waals surface area contributed by atoms with E-state index in [0.29, 0.717) is 12.5 Å².